The molecule has 206 valence electrons. The van der Waals surface area contributed by atoms with Crippen molar-refractivity contribution in [1.29, 1.82) is 0 Å². The summed E-state index contributed by atoms with van der Waals surface area (Å²) in [5.74, 6) is 3.88. The summed E-state index contributed by atoms with van der Waals surface area (Å²) in [7, 11) is 0. The van der Waals surface area contributed by atoms with Crippen LogP contribution in [0.3, 0.4) is 0 Å². The molecule has 0 N–H and O–H groups in total. The third kappa shape index (κ3) is 1.24. The molecule has 15 atom stereocenters. The minimum Gasteiger partial charge on any atom is -0.0622 e. The zero-order chi connectivity index (χ0) is 27.9. The highest BCUT2D eigenvalue weighted by Gasteiger charge is 3.15. The van der Waals surface area contributed by atoms with Crippen molar-refractivity contribution < 1.29 is 0 Å². The highest BCUT2D eigenvalue weighted by atomic mass is 15.2. The van der Waals surface area contributed by atoms with E-state index in [2.05, 4.69) is 132 Å². The quantitative estimate of drug-likeness (QED) is 0.335. The molecule has 6 aliphatic rings. The molecule has 0 heteroatoms. The van der Waals surface area contributed by atoms with Crippen molar-refractivity contribution >= 4 is 0 Å². The van der Waals surface area contributed by atoms with Gasteiger partial charge in [0, 0.05) is 0 Å². The summed E-state index contributed by atoms with van der Waals surface area (Å²) in [5, 5.41) is 0. The van der Waals surface area contributed by atoms with Crippen molar-refractivity contribution in [3.05, 3.63) is 0 Å². The highest BCUT2D eigenvalue weighted by Crippen LogP contribution is 3.19. The maximum Gasteiger partial charge on any atom is -0.0131 e. The molecule has 0 saturated heterocycles. The highest BCUT2D eigenvalue weighted by molar-refractivity contribution is 5.61. The molecular formula is C36H62. The van der Waals surface area contributed by atoms with Crippen LogP contribution in [0.5, 0.6) is 0 Å². The first-order chi connectivity index (χ1) is 15.8. The van der Waals surface area contributed by atoms with E-state index in [1.165, 1.54) is 0 Å². The topological polar surface area (TPSA) is 0 Å². The zero-order valence-electron chi connectivity index (χ0n) is 27.9. The van der Waals surface area contributed by atoms with E-state index < -0.39 is 0 Å². The lowest BCUT2D eigenvalue weighted by molar-refractivity contribution is -0.711. The van der Waals surface area contributed by atoms with E-state index in [1.807, 2.05) is 0 Å². The summed E-state index contributed by atoms with van der Waals surface area (Å²) in [6.45, 7) is 51.5. The minimum atomic E-state index is 0.284. The molecule has 6 rings (SSSR count). The van der Waals surface area contributed by atoms with Crippen molar-refractivity contribution in [3.63, 3.8) is 0 Å². The van der Waals surface area contributed by atoms with Crippen LogP contribution in [-0.4, -0.2) is 0 Å². The molecule has 0 aromatic heterocycles. The maximum atomic E-state index is 2.83. The first-order valence-electron chi connectivity index (χ1n) is 15.8. The van der Waals surface area contributed by atoms with Gasteiger partial charge < -0.3 is 0 Å². The second-order valence-corrected chi connectivity index (χ2v) is 18.7. The average molecular weight is 495 g/mol. The fourth-order valence-corrected chi connectivity index (χ4v) is 19.2. The van der Waals surface area contributed by atoms with Crippen LogP contribution in [0.25, 0.3) is 0 Å². The van der Waals surface area contributed by atoms with Crippen LogP contribution < -0.4 is 0 Å². The average Bonchev–Trinajstić information content (AvgIpc) is 2.84. The Morgan fingerprint density at radius 3 is 1.03 bits per heavy atom. The molecule has 6 fully saturated rings. The van der Waals surface area contributed by atoms with Crippen LogP contribution in [0.1, 0.15) is 132 Å². The summed E-state index contributed by atoms with van der Waals surface area (Å²) in [4.78, 5) is 0. The molecule has 0 aliphatic heterocycles. The van der Waals surface area contributed by atoms with E-state index in [9.17, 15) is 0 Å². The standard InChI is InChI=1S/C36H62/c1-20(2)26(9)21(3)22(4)27(26,10)30(13)25(7,8)31(14)34(30,17)36(19)33(16)29(12)24(6)23(5)28(29,11)32(33,15)35(31,36)18/h20-24H,1-19H3. The van der Waals surface area contributed by atoms with Gasteiger partial charge in [0.1, 0.15) is 0 Å². The van der Waals surface area contributed by atoms with Gasteiger partial charge in [0.25, 0.3) is 0 Å². The monoisotopic (exact) mass is 494 g/mol. The normalized spacial score (nSPS) is 75.7. The van der Waals surface area contributed by atoms with Crippen LogP contribution in [-0.2, 0) is 0 Å². The van der Waals surface area contributed by atoms with E-state index in [-0.39, 0.29) is 10.8 Å². The SMILES string of the molecule is CC(C)C1(C)C(C)C(C)C1(C)C1(C)C(C)(C)C2(C)C1(C)C1(C)C3(C)C4(C)C(C)C(C)C4(C)C3(C)C21C. The van der Waals surface area contributed by atoms with E-state index in [4.69, 9.17) is 0 Å². The molecule has 36 heavy (non-hydrogen) atoms. The van der Waals surface area contributed by atoms with Gasteiger partial charge in [-0.05, 0) is 94.6 Å². The third-order valence-electron chi connectivity index (χ3n) is 22.2. The molecule has 0 nitrogen and oxygen atoms in total. The van der Waals surface area contributed by atoms with E-state index in [0.717, 1.165) is 23.7 Å². The van der Waals surface area contributed by atoms with Gasteiger partial charge >= 0.3 is 0 Å². The Hall–Kier alpha value is 0. The van der Waals surface area contributed by atoms with E-state index in [1.54, 1.807) is 0 Å². The molecule has 0 spiro atoms. The molecular weight excluding hydrogens is 432 g/mol. The Morgan fingerprint density at radius 1 is 0.361 bits per heavy atom. The molecule has 0 amide bonds. The van der Waals surface area contributed by atoms with Gasteiger partial charge in [-0.15, -0.1) is 0 Å². The van der Waals surface area contributed by atoms with Crippen LogP contribution in [0.2, 0.25) is 0 Å². The van der Waals surface area contributed by atoms with E-state index >= 15 is 0 Å². The Kier molecular flexibility index (Phi) is 3.90. The van der Waals surface area contributed by atoms with Crippen molar-refractivity contribution in [2.24, 2.45) is 94.6 Å². The Bertz CT molecular complexity index is 1120. The minimum absolute atomic E-state index is 0.284. The molecule has 0 aromatic carbocycles. The fraction of sp³-hybridized carbons (Fsp3) is 1.00. The number of fused-ring (bicyclic) bond motifs is 10. The predicted octanol–water partition coefficient (Wildman–Crippen LogP) is 10.4. The lowest BCUT2D eigenvalue weighted by Gasteiger charge is -3.17. The molecule has 0 heterocycles. The van der Waals surface area contributed by atoms with E-state index in [0.29, 0.717) is 60.1 Å². The van der Waals surface area contributed by atoms with Crippen LogP contribution >= 0.6 is 0 Å². The van der Waals surface area contributed by atoms with Gasteiger partial charge in [-0.1, -0.05) is 132 Å². The lowest BCUT2D eigenvalue weighted by Crippen LogP contribution is -3.14. The molecule has 6 saturated carbocycles. The zero-order valence-corrected chi connectivity index (χ0v) is 27.9. The molecule has 15 unspecified atom stereocenters. The van der Waals surface area contributed by atoms with Crippen molar-refractivity contribution in [2.75, 3.05) is 0 Å². The predicted molar refractivity (Wildman–Crippen MR) is 154 cm³/mol. The summed E-state index contributed by atoms with van der Waals surface area (Å²) in [6.07, 6.45) is 0. The Balaban J connectivity index is 1.63. The molecule has 0 aromatic rings. The number of hydrogen-bond acceptors (Lipinski definition) is 0. The van der Waals surface area contributed by atoms with Crippen molar-refractivity contribution in [1.82, 2.24) is 0 Å². The van der Waals surface area contributed by atoms with Gasteiger partial charge in [-0.25, -0.2) is 0 Å². The number of rotatable bonds is 2. The first-order valence-corrected chi connectivity index (χ1v) is 15.8. The first kappa shape index (κ1) is 26.2. The summed E-state index contributed by atoms with van der Waals surface area (Å²) in [6, 6.07) is 0. The van der Waals surface area contributed by atoms with Crippen LogP contribution in [0.4, 0.5) is 0 Å². The van der Waals surface area contributed by atoms with Gasteiger partial charge in [0.2, 0.25) is 0 Å². The second-order valence-electron chi connectivity index (χ2n) is 18.7. The summed E-state index contributed by atoms with van der Waals surface area (Å²) < 4.78 is 0. The van der Waals surface area contributed by atoms with Crippen LogP contribution in [0, 0.1) is 94.6 Å². The van der Waals surface area contributed by atoms with Gasteiger partial charge in [-0.2, -0.15) is 0 Å². The van der Waals surface area contributed by atoms with Crippen molar-refractivity contribution in [3.8, 4) is 0 Å². The third-order valence-corrected chi connectivity index (χ3v) is 22.2. The molecule has 0 bridgehead atoms. The lowest BCUT2D eigenvalue weighted by atomic mass is 8.86. The molecule has 6 aliphatic carbocycles. The van der Waals surface area contributed by atoms with Gasteiger partial charge in [0.15, 0.2) is 0 Å². The number of hydrogen-bond donors (Lipinski definition) is 0. The largest absolute Gasteiger partial charge is 0.0622 e. The summed E-state index contributed by atoms with van der Waals surface area (Å²) in [5.41, 5.74) is 4.31. The summed E-state index contributed by atoms with van der Waals surface area (Å²) >= 11 is 0. The Morgan fingerprint density at radius 2 is 0.667 bits per heavy atom. The maximum absolute atomic E-state index is 2.83. The fourth-order valence-electron chi connectivity index (χ4n) is 19.2. The smallest absolute Gasteiger partial charge is 0.0131 e. The molecule has 0 radical (unpaired) electrons. The van der Waals surface area contributed by atoms with Gasteiger partial charge in [0.05, 0.1) is 0 Å². The van der Waals surface area contributed by atoms with Gasteiger partial charge in [-0.3, -0.25) is 0 Å². The van der Waals surface area contributed by atoms with Crippen molar-refractivity contribution in [2.45, 2.75) is 132 Å². The van der Waals surface area contributed by atoms with Crippen LogP contribution in [0.15, 0.2) is 0 Å². The second kappa shape index (κ2) is 5.35. The Labute approximate surface area is 225 Å².